The number of furan rings is 1. The average Bonchev–Trinajstić information content (AvgIpc) is 3.32. The Morgan fingerprint density at radius 3 is 2.72 bits per heavy atom. The molecule has 0 aliphatic carbocycles. The predicted octanol–water partition coefficient (Wildman–Crippen LogP) is 2.92. The highest BCUT2D eigenvalue weighted by Gasteiger charge is 2.19. The molecule has 2 heterocycles. The van der Waals surface area contributed by atoms with Gasteiger partial charge in [-0.1, -0.05) is 0 Å². The summed E-state index contributed by atoms with van der Waals surface area (Å²) in [5.74, 6) is 2.00. The van der Waals surface area contributed by atoms with Crippen LogP contribution in [0.25, 0.3) is 11.3 Å². The number of hydrogen-bond acceptors (Lipinski definition) is 6. The number of amides is 1. The van der Waals surface area contributed by atoms with Crippen LogP contribution in [0, 0.1) is 0 Å². The van der Waals surface area contributed by atoms with Gasteiger partial charge in [0.1, 0.15) is 5.76 Å². The van der Waals surface area contributed by atoms with E-state index < -0.39 is 0 Å². The summed E-state index contributed by atoms with van der Waals surface area (Å²) in [7, 11) is 3.11. The van der Waals surface area contributed by atoms with E-state index in [1.807, 2.05) is 12.1 Å². The van der Waals surface area contributed by atoms with Crippen LogP contribution in [0.1, 0.15) is 16.2 Å². The highest BCUT2D eigenvalue weighted by Crippen LogP contribution is 2.33. The second-order valence-corrected chi connectivity index (χ2v) is 5.19. The van der Waals surface area contributed by atoms with Gasteiger partial charge in [0.05, 0.1) is 20.5 Å². The van der Waals surface area contributed by atoms with Gasteiger partial charge in [0, 0.05) is 18.5 Å². The minimum atomic E-state index is -0.315. The Bertz CT molecular complexity index is 839. The number of nitrogens with zero attached hydrogens (tertiary/aromatic N) is 1. The first-order valence-corrected chi connectivity index (χ1v) is 7.69. The third-order valence-corrected chi connectivity index (χ3v) is 3.67. The lowest BCUT2D eigenvalue weighted by atomic mass is 10.1. The van der Waals surface area contributed by atoms with Crippen LogP contribution in [-0.4, -0.2) is 31.7 Å². The summed E-state index contributed by atoms with van der Waals surface area (Å²) in [6, 6.07) is 8.93. The molecule has 0 aliphatic rings. The van der Waals surface area contributed by atoms with Crippen LogP contribution in [0.3, 0.4) is 0 Å². The Kier molecular flexibility index (Phi) is 5.03. The van der Waals surface area contributed by atoms with E-state index in [1.54, 1.807) is 38.7 Å². The molecule has 2 aromatic heterocycles. The van der Waals surface area contributed by atoms with E-state index in [0.717, 1.165) is 5.76 Å². The molecule has 0 bridgehead atoms. The topological polar surface area (TPSA) is 86.7 Å². The van der Waals surface area contributed by atoms with E-state index in [2.05, 4.69) is 10.3 Å². The third kappa shape index (κ3) is 3.65. The Hall–Kier alpha value is -3.22. The fraction of sp³-hybridized carbons (Fsp3) is 0.222. The van der Waals surface area contributed by atoms with Crippen molar-refractivity contribution in [2.75, 3.05) is 20.8 Å². The van der Waals surface area contributed by atoms with Gasteiger partial charge in [-0.3, -0.25) is 4.79 Å². The Balaban J connectivity index is 1.74. The van der Waals surface area contributed by atoms with Crippen LogP contribution in [0.15, 0.2) is 51.8 Å². The van der Waals surface area contributed by atoms with Gasteiger partial charge in [0.2, 0.25) is 0 Å². The van der Waals surface area contributed by atoms with Gasteiger partial charge in [-0.25, -0.2) is 4.98 Å². The zero-order valence-corrected chi connectivity index (χ0v) is 13.9. The largest absolute Gasteiger partial charge is 0.493 e. The number of rotatable bonds is 7. The van der Waals surface area contributed by atoms with E-state index in [1.165, 1.54) is 6.39 Å². The summed E-state index contributed by atoms with van der Waals surface area (Å²) in [6.07, 6.45) is 3.44. The third-order valence-electron chi connectivity index (χ3n) is 3.67. The smallest absolute Gasteiger partial charge is 0.273 e. The molecule has 25 heavy (non-hydrogen) atoms. The maximum absolute atomic E-state index is 12.4. The first-order valence-electron chi connectivity index (χ1n) is 7.69. The zero-order valence-electron chi connectivity index (χ0n) is 13.9. The number of benzene rings is 1. The lowest BCUT2D eigenvalue weighted by molar-refractivity contribution is 0.0949. The number of aromatic nitrogens is 1. The SMILES string of the molecule is COc1ccc(-c2ocnc2C(=O)NCCc2ccco2)cc1OC. The maximum atomic E-state index is 12.4. The zero-order chi connectivity index (χ0) is 17.6. The standard InChI is InChI=1S/C18H18N2O5/c1-22-14-6-5-12(10-15(14)23-2)17-16(20-11-25-17)18(21)19-8-7-13-4-3-9-24-13/h3-6,9-11H,7-8H2,1-2H3,(H,19,21). The quantitative estimate of drug-likeness (QED) is 0.710. The first kappa shape index (κ1) is 16.6. The molecular weight excluding hydrogens is 324 g/mol. The molecule has 0 radical (unpaired) electrons. The normalized spacial score (nSPS) is 10.5. The van der Waals surface area contributed by atoms with Crippen LogP contribution in [0.5, 0.6) is 11.5 Å². The van der Waals surface area contributed by atoms with E-state index in [-0.39, 0.29) is 11.6 Å². The van der Waals surface area contributed by atoms with Crippen LogP contribution in [0.2, 0.25) is 0 Å². The predicted molar refractivity (Wildman–Crippen MR) is 89.8 cm³/mol. The molecule has 7 heteroatoms. The average molecular weight is 342 g/mol. The number of carbonyl (C=O) groups excluding carboxylic acids is 1. The molecule has 1 N–H and O–H groups in total. The number of oxazole rings is 1. The van der Waals surface area contributed by atoms with Gasteiger partial charge < -0.3 is 23.6 Å². The van der Waals surface area contributed by atoms with Crippen molar-refractivity contribution in [1.29, 1.82) is 0 Å². The van der Waals surface area contributed by atoms with E-state index >= 15 is 0 Å². The number of methoxy groups -OCH3 is 2. The molecule has 3 aromatic rings. The molecule has 0 atom stereocenters. The first-order chi connectivity index (χ1) is 12.2. The Morgan fingerprint density at radius 1 is 1.16 bits per heavy atom. The van der Waals surface area contributed by atoms with Crippen molar-refractivity contribution in [2.24, 2.45) is 0 Å². The summed E-state index contributed by atoms with van der Waals surface area (Å²) in [5.41, 5.74) is 0.887. The Morgan fingerprint density at radius 2 is 2.00 bits per heavy atom. The minimum absolute atomic E-state index is 0.215. The fourth-order valence-corrected chi connectivity index (χ4v) is 2.43. The maximum Gasteiger partial charge on any atom is 0.273 e. The summed E-state index contributed by atoms with van der Waals surface area (Å²) >= 11 is 0. The van der Waals surface area contributed by atoms with Crippen molar-refractivity contribution in [2.45, 2.75) is 6.42 Å². The Labute approximate surface area is 144 Å². The monoisotopic (exact) mass is 342 g/mol. The van der Waals surface area contributed by atoms with Crippen molar-refractivity contribution in [1.82, 2.24) is 10.3 Å². The lowest BCUT2D eigenvalue weighted by Gasteiger charge is -2.09. The molecule has 0 saturated carbocycles. The second kappa shape index (κ2) is 7.57. The van der Waals surface area contributed by atoms with E-state index in [4.69, 9.17) is 18.3 Å². The van der Waals surface area contributed by atoms with Crippen LogP contribution in [0.4, 0.5) is 0 Å². The molecule has 7 nitrogen and oxygen atoms in total. The summed E-state index contributed by atoms with van der Waals surface area (Å²) in [4.78, 5) is 16.4. The molecular formula is C18H18N2O5. The molecule has 0 saturated heterocycles. The van der Waals surface area contributed by atoms with Gasteiger partial charge in [-0.15, -0.1) is 0 Å². The van der Waals surface area contributed by atoms with Crippen LogP contribution < -0.4 is 14.8 Å². The fourth-order valence-electron chi connectivity index (χ4n) is 2.43. The van der Waals surface area contributed by atoms with Crippen molar-refractivity contribution < 1.29 is 23.1 Å². The molecule has 3 rings (SSSR count). The number of hydrogen-bond donors (Lipinski definition) is 1. The van der Waals surface area contributed by atoms with Crippen LogP contribution >= 0.6 is 0 Å². The molecule has 0 unspecified atom stereocenters. The number of ether oxygens (including phenoxy) is 2. The summed E-state index contributed by atoms with van der Waals surface area (Å²) in [6.45, 7) is 0.435. The van der Waals surface area contributed by atoms with Crippen molar-refractivity contribution in [3.8, 4) is 22.8 Å². The van der Waals surface area contributed by atoms with Gasteiger partial charge >= 0.3 is 0 Å². The number of carbonyl (C=O) groups is 1. The van der Waals surface area contributed by atoms with Gasteiger partial charge in [0.25, 0.3) is 5.91 Å². The molecule has 130 valence electrons. The van der Waals surface area contributed by atoms with Gasteiger partial charge in [-0.05, 0) is 30.3 Å². The molecule has 0 fully saturated rings. The summed E-state index contributed by atoms with van der Waals surface area (Å²) in [5, 5.41) is 2.81. The molecule has 0 spiro atoms. The highest BCUT2D eigenvalue weighted by atomic mass is 16.5. The van der Waals surface area contributed by atoms with Crippen molar-refractivity contribution >= 4 is 5.91 Å². The molecule has 1 aromatic carbocycles. The highest BCUT2D eigenvalue weighted by molar-refractivity contribution is 5.97. The van der Waals surface area contributed by atoms with Crippen molar-refractivity contribution in [3.63, 3.8) is 0 Å². The van der Waals surface area contributed by atoms with E-state index in [9.17, 15) is 4.79 Å². The molecule has 1 amide bonds. The molecule has 0 aliphatic heterocycles. The minimum Gasteiger partial charge on any atom is -0.493 e. The van der Waals surface area contributed by atoms with Gasteiger partial charge in [0.15, 0.2) is 29.3 Å². The van der Waals surface area contributed by atoms with Crippen LogP contribution in [-0.2, 0) is 6.42 Å². The number of nitrogens with one attached hydrogen (secondary N) is 1. The van der Waals surface area contributed by atoms with Crippen molar-refractivity contribution in [3.05, 3.63) is 54.4 Å². The second-order valence-electron chi connectivity index (χ2n) is 5.19. The van der Waals surface area contributed by atoms with Gasteiger partial charge in [-0.2, -0.15) is 0 Å². The lowest BCUT2D eigenvalue weighted by Crippen LogP contribution is -2.26. The van der Waals surface area contributed by atoms with E-state index in [0.29, 0.717) is 35.8 Å². The summed E-state index contributed by atoms with van der Waals surface area (Å²) < 4.78 is 21.1.